The van der Waals surface area contributed by atoms with Crippen LogP contribution in [0.1, 0.15) is 13.8 Å². The van der Waals surface area contributed by atoms with Gasteiger partial charge >= 0.3 is 0 Å². The van der Waals surface area contributed by atoms with Gasteiger partial charge in [0.05, 0.1) is 12.4 Å². The van der Waals surface area contributed by atoms with Gasteiger partial charge in [-0.05, 0) is 5.92 Å². The van der Waals surface area contributed by atoms with Gasteiger partial charge in [0.15, 0.2) is 0 Å². The van der Waals surface area contributed by atoms with Gasteiger partial charge in [0, 0.05) is 6.42 Å². The summed E-state index contributed by atoms with van der Waals surface area (Å²) in [6.07, 6.45) is 13.8. The van der Waals surface area contributed by atoms with Crippen molar-refractivity contribution in [1.29, 1.82) is 0 Å². The van der Waals surface area contributed by atoms with E-state index in [0.717, 1.165) is 0 Å². The molecule has 0 aliphatic heterocycles. The lowest BCUT2D eigenvalue weighted by Crippen LogP contribution is -2.39. The van der Waals surface area contributed by atoms with E-state index >= 15 is 0 Å². The van der Waals surface area contributed by atoms with Crippen LogP contribution in [0.25, 0.3) is 0 Å². The molecule has 73 valence electrons. The van der Waals surface area contributed by atoms with E-state index in [1.54, 1.807) is 17.2 Å². The first kappa shape index (κ1) is 9.19. The molecule has 1 aliphatic rings. The zero-order valence-corrected chi connectivity index (χ0v) is 8.46. The summed E-state index contributed by atoms with van der Waals surface area (Å²) in [5, 5.41) is 8.44. The first-order valence-corrected chi connectivity index (χ1v) is 4.83. The number of hydrogen-bond donors (Lipinski definition) is 0. The normalized spacial score (nSPS) is 25.9. The fourth-order valence-electron chi connectivity index (χ4n) is 1.70. The highest BCUT2D eigenvalue weighted by molar-refractivity contribution is 5.27. The van der Waals surface area contributed by atoms with Crippen molar-refractivity contribution in [1.82, 2.24) is 15.0 Å². The highest BCUT2D eigenvalue weighted by Crippen LogP contribution is 2.31. The fraction of sp³-hybridized carbons (Fsp3) is 0.364. The van der Waals surface area contributed by atoms with Crippen molar-refractivity contribution in [3.8, 4) is 0 Å². The monoisotopic (exact) mass is 188 g/mol. The maximum Gasteiger partial charge on any atom is 0.110 e. The maximum absolute atomic E-state index is 4.22. The largest absolute Gasteiger partial charge is 0.174 e. The second-order valence-corrected chi connectivity index (χ2v) is 3.77. The van der Waals surface area contributed by atoms with Crippen molar-refractivity contribution in [2.45, 2.75) is 19.4 Å². The Morgan fingerprint density at radius 1 is 1.07 bits per heavy atom. The van der Waals surface area contributed by atoms with E-state index in [0.29, 0.717) is 5.92 Å². The number of allylic oxidation sites excluding steroid dienone is 4. The average molecular weight is 188 g/mol. The maximum atomic E-state index is 4.22. The van der Waals surface area contributed by atoms with Gasteiger partial charge in [-0.2, -0.15) is 15.0 Å². The van der Waals surface area contributed by atoms with Crippen molar-refractivity contribution in [2.75, 3.05) is 0 Å². The predicted molar refractivity (Wildman–Crippen MR) is 55.4 cm³/mol. The molecule has 14 heavy (non-hydrogen) atoms. The topological polar surface area (TPSA) is 30.7 Å². The van der Waals surface area contributed by atoms with Gasteiger partial charge in [-0.15, -0.1) is 0 Å². The van der Waals surface area contributed by atoms with Crippen LogP contribution in [0, 0.1) is 12.3 Å². The number of hydrogen-bond acceptors (Lipinski definition) is 2. The third-order valence-electron chi connectivity index (χ3n) is 2.64. The molecule has 1 heterocycles. The Hall–Kier alpha value is -1.38. The summed E-state index contributed by atoms with van der Waals surface area (Å²) in [5.74, 6) is 0.427. The first-order chi connectivity index (χ1) is 6.76. The molecule has 0 bridgehead atoms. The zero-order chi connectivity index (χ0) is 10.0. The summed E-state index contributed by atoms with van der Waals surface area (Å²) in [6, 6.07) is 0. The molecular weight excluding hydrogens is 174 g/mol. The Labute approximate surface area is 84.1 Å². The minimum atomic E-state index is -0.196. The lowest BCUT2D eigenvalue weighted by atomic mass is 9.81. The van der Waals surface area contributed by atoms with Gasteiger partial charge in [0.1, 0.15) is 5.54 Å². The molecule has 0 N–H and O–H groups in total. The van der Waals surface area contributed by atoms with E-state index in [9.17, 15) is 0 Å². The predicted octanol–water partition coefficient (Wildman–Crippen LogP) is 1.96. The molecule has 1 aromatic heterocycles. The SMILES string of the molecule is CC(C)C1(n2nccn2)[CH]C=CC=C1. The zero-order valence-electron chi connectivity index (χ0n) is 8.46. The molecule has 0 fully saturated rings. The molecule has 0 saturated carbocycles. The lowest BCUT2D eigenvalue weighted by Gasteiger charge is -2.33. The van der Waals surface area contributed by atoms with Crippen LogP contribution < -0.4 is 0 Å². The molecule has 1 radical (unpaired) electrons. The van der Waals surface area contributed by atoms with E-state index in [-0.39, 0.29) is 5.54 Å². The summed E-state index contributed by atoms with van der Waals surface area (Å²) in [6.45, 7) is 4.34. The summed E-state index contributed by atoms with van der Waals surface area (Å²) in [5.41, 5.74) is -0.196. The summed E-state index contributed by atoms with van der Waals surface area (Å²) < 4.78 is 0. The molecule has 1 aliphatic carbocycles. The second-order valence-electron chi connectivity index (χ2n) is 3.77. The smallest absolute Gasteiger partial charge is 0.110 e. The van der Waals surface area contributed by atoms with Gasteiger partial charge in [-0.1, -0.05) is 38.2 Å². The van der Waals surface area contributed by atoms with Crippen LogP contribution in [0.2, 0.25) is 0 Å². The Morgan fingerprint density at radius 2 is 1.79 bits per heavy atom. The minimum Gasteiger partial charge on any atom is -0.174 e. The van der Waals surface area contributed by atoms with Crippen LogP contribution in [0.15, 0.2) is 36.7 Å². The van der Waals surface area contributed by atoms with E-state index in [2.05, 4.69) is 36.5 Å². The molecule has 0 spiro atoms. The van der Waals surface area contributed by atoms with Crippen molar-refractivity contribution < 1.29 is 0 Å². The highest BCUT2D eigenvalue weighted by Gasteiger charge is 2.34. The molecule has 3 nitrogen and oxygen atoms in total. The van der Waals surface area contributed by atoms with Crippen LogP contribution in [0.3, 0.4) is 0 Å². The molecule has 0 aromatic carbocycles. The molecule has 2 rings (SSSR count). The minimum absolute atomic E-state index is 0.196. The van der Waals surface area contributed by atoms with Crippen LogP contribution in [-0.2, 0) is 5.54 Å². The van der Waals surface area contributed by atoms with E-state index in [1.807, 2.05) is 18.2 Å². The van der Waals surface area contributed by atoms with Crippen molar-refractivity contribution in [2.24, 2.45) is 5.92 Å². The fourth-order valence-corrected chi connectivity index (χ4v) is 1.70. The third-order valence-corrected chi connectivity index (χ3v) is 2.64. The Morgan fingerprint density at radius 3 is 2.29 bits per heavy atom. The molecule has 0 saturated heterocycles. The second kappa shape index (κ2) is 3.40. The third kappa shape index (κ3) is 1.29. The highest BCUT2D eigenvalue weighted by atomic mass is 15.5. The van der Waals surface area contributed by atoms with E-state index in [1.165, 1.54) is 0 Å². The Balaban J connectivity index is 2.42. The lowest BCUT2D eigenvalue weighted by molar-refractivity contribution is 0.258. The summed E-state index contributed by atoms with van der Waals surface area (Å²) in [4.78, 5) is 1.76. The average Bonchev–Trinajstić information content (AvgIpc) is 2.72. The number of nitrogens with zero attached hydrogens (tertiary/aromatic N) is 3. The molecule has 0 amide bonds. The number of rotatable bonds is 2. The van der Waals surface area contributed by atoms with Gasteiger partial charge in [-0.3, -0.25) is 0 Å². The van der Waals surface area contributed by atoms with Gasteiger partial charge in [-0.25, -0.2) is 0 Å². The molecular formula is C11H14N3. The molecule has 3 heteroatoms. The van der Waals surface area contributed by atoms with Gasteiger partial charge < -0.3 is 0 Å². The van der Waals surface area contributed by atoms with Gasteiger partial charge in [0.2, 0.25) is 0 Å². The first-order valence-electron chi connectivity index (χ1n) is 4.83. The van der Waals surface area contributed by atoms with E-state index < -0.39 is 0 Å². The Bertz CT molecular complexity index is 349. The molecule has 1 unspecified atom stereocenters. The quantitative estimate of drug-likeness (QED) is 0.710. The van der Waals surface area contributed by atoms with Crippen molar-refractivity contribution >= 4 is 0 Å². The Kier molecular flexibility index (Phi) is 2.23. The van der Waals surface area contributed by atoms with Crippen molar-refractivity contribution in [3.63, 3.8) is 0 Å². The molecule has 1 aromatic rings. The van der Waals surface area contributed by atoms with Crippen LogP contribution in [0.4, 0.5) is 0 Å². The van der Waals surface area contributed by atoms with Crippen LogP contribution in [-0.4, -0.2) is 15.0 Å². The van der Waals surface area contributed by atoms with Crippen LogP contribution >= 0.6 is 0 Å². The molecule has 1 atom stereocenters. The van der Waals surface area contributed by atoms with Crippen LogP contribution in [0.5, 0.6) is 0 Å². The van der Waals surface area contributed by atoms with Gasteiger partial charge in [0.25, 0.3) is 0 Å². The standard InChI is InChI=1S/C11H14N3/c1-10(2)11(6-4-3-5-7-11)14-12-8-9-13-14/h3-10H,1-2H3. The van der Waals surface area contributed by atoms with E-state index in [4.69, 9.17) is 0 Å². The summed E-state index contributed by atoms with van der Waals surface area (Å²) in [7, 11) is 0. The van der Waals surface area contributed by atoms with Crippen molar-refractivity contribution in [3.05, 3.63) is 43.1 Å². The number of aromatic nitrogens is 3. The summed E-state index contributed by atoms with van der Waals surface area (Å²) >= 11 is 0.